The van der Waals surface area contributed by atoms with Crippen LogP contribution < -0.4 is 5.32 Å². The Bertz CT molecular complexity index is 291. The van der Waals surface area contributed by atoms with Gasteiger partial charge in [-0.2, -0.15) is 0 Å². The summed E-state index contributed by atoms with van der Waals surface area (Å²) in [5.74, 6) is 0.837. The summed E-state index contributed by atoms with van der Waals surface area (Å²) in [6.07, 6.45) is 2.72. The number of nitrogens with one attached hydrogen (secondary N) is 1. The lowest BCUT2D eigenvalue weighted by molar-refractivity contribution is 0.0804. The highest BCUT2D eigenvalue weighted by atomic mass is 16.5. The van der Waals surface area contributed by atoms with Gasteiger partial charge >= 0.3 is 0 Å². The highest BCUT2D eigenvalue weighted by molar-refractivity contribution is 4.92. The van der Waals surface area contributed by atoms with Crippen molar-refractivity contribution in [3.05, 3.63) is 18.2 Å². The van der Waals surface area contributed by atoms with Crippen LogP contribution >= 0.6 is 0 Å². The van der Waals surface area contributed by atoms with Crippen molar-refractivity contribution in [3.8, 4) is 0 Å². The largest absolute Gasteiger partial charge is 0.394 e. The van der Waals surface area contributed by atoms with E-state index in [0.717, 1.165) is 12.4 Å². The minimum absolute atomic E-state index is 0.241. The molecule has 1 heterocycles. The Labute approximate surface area is 94.9 Å². The summed E-state index contributed by atoms with van der Waals surface area (Å²) in [6.45, 7) is 2.15. The monoisotopic (exact) mass is 229 g/mol. The van der Waals surface area contributed by atoms with Crippen LogP contribution in [0.3, 0.4) is 0 Å². The maximum absolute atomic E-state index is 9.32. The van der Waals surface area contributed by atoms with Crippen molar-refractivity contribution in [1.29, 1.82) is 0 Å². The van der Waals surface area contributed by atoms with Crippen LogP contribution in [0.25, 0.3) is 0 Å². The van der Waals surface area contributed by atoms with Gasteiger partial charge in [-0.1, -0.05) is 0 Å². The normalized spacial score (nSPS) is 12.9. The molecule has 0 aliphatic carbocycles. The maximum atomic E-state index is 9.32. The molecule has 0 aliphatic heterocycles. The lowest BCUT2D eigenvalue weighted by Crippen LogP contribution is -2.24. The molecular formula is C10H19N3O3. The van der Waals surface area contributed by atoms with Crippen molar-refractivity contribution < 1.29 is 14.9 Å². The van der Waals surface area contributed by atoms with E-state index in [0.29, 0.717) is 19.7 Å². The van der Waals surface area contributed by atoms with Gasteiger partial charge in [0, 0.05) is 26.0 Å². The molecule has 1 aromatic heterocycles. The average molecular weight is 229 g/mol. The molecule has 0 aliphatic rings. The number of nitrogens with zero attached hydrogens (tertiary/aromatic N) is 2. The summed E-state index contributed by atoms with van der Waals surface area (Å²) in [5, 5.41) is 21.2. The van der Waals surface area contributed by atoms with Gasteiger partial charge in [-0.3, -0.25) is 0 Å². The maximum Gasteiger partial charge on any atom is 0.122 e. The quantitative estimate of drug-likeness (QED) is 0.497. The van der Waals surface area contributed by atoms with Crippen molar-refractivity contribution in [1.82, 2.24) is 14.9 Å². The molecule has 0 fully saturated rings. The van der Waals surface area contributed by atoms with Gasteiger partial charge in [-0.15, -0.1) is 0 Å². The van der Waals surface area contributed by atoms with Crippen molar-refractivity contribution >= 4 is 0 Å². The lowest BCUT2D eigenvalue weighted by Gasteiger charge is -2.11. The fourth-order valence-corrected chi connectivity index (χ4v) is 1.33. The van der Waals surface area contributed by atoms with E-state index in [1.807, 2.05) is 4.57 Å². The van der Waals surface area contributed by atoms with Crippen LogP contribution in [0.2, 0.25) is 0 Å². The fraction of sp³-hybridized carbons (Fsp3) is 0.700. The molecule has 1 unspecified atom stereocenters. The highest BCUT2D eigenvalue weighted by Gasteiger charge is 2.07. The number of methoxy groups -OCH3 is 1. The van der Waals surface area contributed by atoms with Crippen LogP contribution in [0.5, 0.6) is 0 Å². The lowest BCUT2D eigenvalue weighted by atomic mass is 10.3. The number of aromatic nitrogens is 2. The molecule has 0 spiro atoms. The Balaban J connectivity index is 2.38. The number of ether oxygens (including phenoxy) is 1. The molecule has 92 valence electrons. The first-order valence-electron chi connectivity index (χ1n) is 5.26. The molecule has 0 saturated heterocycles. The first-order chi connectivity index (χ1) is 7.77. The number of hydrogen-bond acceptors (Lipinski definition) is 5. The summed E-state index contributed by atoms with van der Waals surface area (Å²) in [5.41, 5.74) is 0. The minimum Gasteiger partial charge on any atom is -0.394 e. The van der Waals surface area contributed by atoms with Crippen molar-refractivity contribution in [2.45, 2.75) is 19.2 Å². The standard InChI is InChI=1S/C10H19N3O3/c1-16-5-3-11-6-10-12-2-4-13(10)7-9(15)8-14/h2,4,9,11,14-15H,3,5-8H2,1H3. The second kappa shape index (κ2) is 7.34. The van der Waals surface area contributed by atoms with Crippen molar-refractivity contribution in [2.75, 3.05) is 26.9 Å². The van der Waals surface area contributed by atoms with E-state index < -0.39 is 6.10 Å². The molecule has 0 radical (unpaired) electrons. The molecule has 16 heavy (non-hydrogen) atoms. The van der Waals surface area contributed by atoms with Gasteiger partial charge in [-0.05, 0) is 0 Å². The zero-order valence-electron chi connectivity index (χ0n) is 9.46. The van der Waals surface area contributed by atoms with Crippen molar-refractivity contribution in [3.63, 3.8) is 0 Å². The van der Waals surface area contributed by atoms with Crippen LogP contribution in [0.4, 0.5) is 0 Å². The van der Waals surface area contributed by atoms with E-state index in [4.69, 9.17) is 9.84 Å². The predicted octanol–water partition coefficient (Wildman–Crippen LogP) is -1.03. The third-order valence-electron chi connectivity index (χ3n) is 2.19. The van der Waals surface area contributed by atoms with E-state index in [9.17, 15) is 5.11 Å². The first-order valence-corrected chi connectivity index (χ1v) is 5.26. The smallest absolute Gasteiger partial charge is 0.122 e. The Morgan fingerprint density at radius 3 is 3.12 bits per heavy atom. The number of rotatable bonds is 8. The molecule has 6 nitrogen and oxygen atoms in total. The van der Waals surface area contributed by atoms with Crippen LogP contribution in [0.1, 0.15) is 5.82 Å². The van der Waals surface area contributed by atoms with Gasteiger partial charge in [-0.25, -0.2) is 4.98 Å². The topological polar surface area (TPSA) is 79.5 Å². The summed E-state index contributed by atoms with van der Waals surface area (Å²) < 4.78 is 6.73. The average Bonchev–Trinajstić information content (AvgIpc) is 2.72. The number of imidazole rings is 1. The number of aliphatic hydroxyl groups excluding tert-OH is 2. The second-order valence-corrected chi connectivity index (χ2v) is 3.50. The molecule has 0 saturated carbocycles. The van der Waals surface area contributed by atoms with Gasteiger partial charge in [0.25, 0.3) is 0 Å². The Hall–Kier alpha value is -0.950. The SMILES string of the molecule is COCCNCc1nccn1CC(O)CO. The third kappa shape index (κ3) is 4.28. The molecule has 0 amide bonds. The molecule has 0 bridgehead atoms. The van der Waals surface area contributed by atoms with Gasteiger partial charge in [0.05, 0.1) is 32.4 Å². The van der Waals surface area contributed by atoms with E-state index in [-0.39, 0.29) is 6.61 Å². The Morgan fingerprint density at radius 1 is 1.62 bits per heavy atom. The zero-order chi connectivity index (χ0) is 11.8. The summed E-state index contributed by atoms with van der Waals surface area (Å²) in [7, 11) is 1.65. The van der Waals surface area contributed by atoms with E-state index in [1.54, 1.807) is 19.5 Å². The molecule has 1 atom stereocenters. The Kier molecular flexibility index (Phi) is 6.02. The van der Waals surface area contributed by atoms with E-state index >= 15 is 0 Å². The molecule has 0 aromatic carbocycles. The van der Waals surface area contributed by atoms with Gasteiger partial charge in [0.2, 0.25) is 0 Å². The van der Waals surface area contributed by atoms with Gasteiger partial charge in [0.15, 0.2) is 0 Å². The zero-order valence-corrected chi connectivity index (χ0v) is 9.46. The van der Waals surface area contributed by atoms with Crippen LogP contribution in [-0.2, 0) is 17.8 Å². The summed E-state index contributed by atoms with van der Waals surface area (Å²) in [4.78, 5) is 4.17. The van der Waals surface area contributed by atoms with Crippen LogP contribution in [0, 0.1) is 0 Å². The molecular weight excluding hydrogens is 210 g/mol. The van der Waals surface area contributed by atoms with Crippen LogP contribution in [-0.4, -0.2) is 52.7 Å². The molecule has 1 rings (SSSR count). The van der Waals surface area contributed by atoms with Gasteiger partial charge in [0.1, 0.15) is 5.82 Å². The summed E-state index contributed by atoms with van der Waals surface area (Å²) >= 11 is 0. The van der Waals surface area contributed by atoms with Gasteiger partial charge < -0.3 is 24.8 Å². The number of hydrogen-bond donors (Lipinski definition) is 3. The van der Waals surface area contributed by atoms with Crippen LogP contribution in [0.15, 0.2) is 12.4 Å². The number of aliphatic hydroxyl groups is 2. The third-order valence-corrected chi connectivity index (χ3v) is 2.19. The molecule has 3 N–H and O–H groups in total. The molecule has 1 aromatic rings. The predicted molar refractivity (Wildman–Crippen MR) is 58.9 cm³/mol. The summed E-state index contributed by atoms with van der Waals surface area (Å²) in [6, 6.07) is 0. The van der Waals surface area contributed by atoms with E-state index in [2.05, 4.69) is 10.3 Å². The fourth-order valence-electron chi connectivity index (χ4n) is 1.33. The first kappa shape index (κ1) is 13.1. The molecule has 6 heteroatoms. The Morgan fingerprint density at radius 2 is 2.44 bits per heavy atom. The highest BCUT2D eigenvalue weighted by Crippen LogP contribution is 1.99. The minimum atomic E-state index is -0.744. The van der Waals surface area contributed by atoms with Crippen molar-refractivity contribution in [2.24, 2.45) is 0 Å². The second-order valence-electron chi connectivity index (χ2n) is 3.50. The van der Waals surface area contributed by atoms with E-state index in [1.165, 1.54) is 0 Å².